The van der Waals surface area contributed by atoms with Crippen LogP contribution in [0.2, 0.25) is 0 Å². The monoisotopic (exact) mass is 596 g/mol. The molecule has 0 fully saturated rings. The Kier molecular flexibility index (Phi) is 6.78. The fourth-order valence-corrected chi connectivity index (χ4v) is 6.33. The van der Waals surface area contributed by atoms with Gasteiger partial charge in [0.25, 0.3) is 10.0 Å². The van der Waals surface area contributed by atoms with E-state index >= 15 is 0 Å². The second-order valence-electron chi connectivity index (χ2n) is 9.58. The molecule has 1 amide bonds. The van der Waals surface area contributed by atoms with Crippen LogP contribution in [-0.4, -0.2) is 28.6 Å². The molecule has 214 valence electrons. The van der Waals surface area contributed by atoms with Gasteiger partial charge in [-0.05, 0) is 53.6 Å². The number of nitrogens with one attached hydrogen (secondary N) is 1. The van der Waals surface area contributed by atoms with Crippen LogP contribution in [-0.2, 0) is 34.1 Å². The second-order valence-corrected chi connectivity index (χ2v) is 11.4. The number of carbonyl (C=O) groups excluding carboxylic acids is 1. The number of hydrogen-bond donors (Lipinski definition) is 1. The molecule has 3 aromatic heterocycles. The van der Waals surface area contributed by atoms with E-state index in [1.165, 1.54) is 24.4 Å². The van der Waals surface area contributed by atoms with Crippen LogP contribution >= 0.6 is 0 Å². The summed E-state index contributed by atoms with van der Waals surface area (Å²) in [5.41, 5.74) is 1.58. The molecule has 0 bridgehead atoms. The molecule has 1 unspecified atom stereocenters. The molecule has 6 rings (SSSR count). The Bertz CT molecular complexity index is 1920. The maximum absolute atomic E-state index is 13.7. The molecule has 0 saturated heterocycles. The van der Waals surface area contributed by atoms with Gasteiger partial charge in [0.15, 0.2) is 0 Å². The van der Waals surface area contributed by atoms with E-state index < -0.39 is 44.6 Å². The van der Waals surface area contributed by atoms with Crippen molar-refractivity contribution in [2.45, 2.75) is 30.4 Å². The molecule has 13 heteroatoms. The van der Waals surface area contributed by atoms with Gasteiger partial charge in [-0.15, -0.1) is 0 Å². The highest BCUT2D eigenvalue weighted by molar-refractivity contribution is 7.89. The topological polar surface area (TPSA) is 105 Å². The summed E-state index contributed by atoms with van der Waals surface area (Å²) in [7, 11) is -4.34. The van der Waals surface area contributed by atoms with Gasteiger partial charge in [0.1, 0.15) is 17.4 Å². The fraction of sp³-hybridized carbons (Fsp3) is 0.138. The predicted molar refractivity (Wildman–Crippen MR) is 142 cm³/mol. The summed E-state index contributed by atoms with van der Waals surface area (Å²) < 4.78 is 86.3. The van der Waals surface area contributed by atoms with Crippen LogP contribution < -0.4 is 5.32 Å². The molecule has 1 aliphatic heterocycles. The number of alkyl halides is 3. The van der Waals surface area contributed by atoms with E-state index in [1.807, 2.05) is 0 Å². The second kappa shape index (κ2) is 10.3. The first-order valence-corrected chi connectivity index (χ1v) is 14.0. The minimum absolute atomic E-state index is 0.0880. The number of sulfonamides is 1. The van der Waals surface area contributed by atoms with E-state index in [9.17, 15) is 30.8 Å². The Morgan fingerprint density at radius 1 is 1.02 bits per heavy atom. The van der Waals surface area contributed by atoms with E-state index in [2.05, 4.69) is 15.3 Å². The highest BCUT2D eigenvalue weighted by atomic mass is 32.2. The Labute approximate surface area is 236 Å². The van der Waals surface area contributed by atoms with Crippen molar-refractivity contribution in [3.63, 3.8) is 0 Å². The van der Waals surface area contributed by atoms with Gasteiger partial charge in [-0.25, -0.2) is 12.8 Å². The van der Waals surface area contributed by atoms with Crippen LogP contribution in [0, 0.1) is 5.82 Å². The molecule has 2 aromatic carbocycles. The Morgan fingerprint density at radius 3 is 2.60 bits per heavy atom. The molecule has 42 heavy (non-hydrogen) atoms. The number of rotatable bonds is 6. The fourth-order valence-electron chi connectivity index (χ4n) is 4.83. The van der Waals surface area contributed by atoms with Gasteiger partial charge in [0, 0.05) is 36.0 Å². The maximum atomic E-state index is 13.7. The third kappa shape index (κ3) is 5.12. The highest BCUT2D eigenvalue weighted by Crippen LogP contribution is 2.39. The third-order valence-electron chi connectivity index (χ3n) is 6.88. The van der Waals surface area contributed by atoms with Crippen LogP contribution in [0.15, 0.2) is 94.7 Å². The van der Waals surface area contributed by atoms with E-state index in [0.29, 0.717) is 22.4 Å². The first-order valence-electron chi connectivity index (χ1n) is 12.6. The van der Waals surface area contributed by atoms with Crippen molar-refractivity contribution in [3.05, 3.63) is 113 Å². The van der Waals surface area contributed by atoms with Gasteiger partial charge in [-0.2, -0.15) is 17.5 Å². The molecule has 5 aromatic rings. The summed E-state index contributed by atoms with van der Waals surface area (Å²) in [5, 5.41) is 2.56. The quantitative estimate of drug-likeness (QED) is 0.256. The third-order valence-corrected chi connectivity index (χ3v) is 8.54. The molecule has 1 atom stereocenters. The van der Waals surface area contributed by atoms with E-state index in [1.54, 1.807) is 36.4 Å². The van der Waals surface area contributed by atoms with Crippen molar-refractivity contribution >= 4 is 26.9 Å². The molecule has 1 aliphatic rings. The maximum Gasteiger partial charge on any atom is 0.417 e. The van der Waals surface area contributed by atoms with Crippen molar-refractivity contribution in [1.29, 1.82) is 0 Å². The number of fused-ring (bicyclic) bond motifs is 2. The average molecular weight is 597 g/mol. The number of hydrogen-bond acceptors (Lipinski definition) is 6. The number of amides is 1. The average Bonchev–Trinajstić information content (AvgIpc) is 3.58. The first kappa shape index (κ1) is 27.5. The lowest BCUT2D eigenvalue weighted by molar-refractivity contribution is -0.137. The van der Waals surface area contributed by atoms with Crippen LogP contribution in [0.3, 0.4) is 0 Å². The largest absolute Gasteiger partial charge is 0.443 e. The van der Waals surface area contributed by atoms with Crippen molar-refractivity contribution in [2.24, 2.45) is 0 Å². The molecule has 0 spiro atoms. The number of pyridine rings is 2. The minimum atomic E-state index is -4.51. The summed E-state index contributed by atoms with van der Waals surface area (Å²) in [6.07, 6.45) is -2.34. The van der Waals surface area contributed by atoms with Gasteiger partial charge in [0.2, 0.25) is 11.0 Å². The van der Waals surface area contributed by atoms with Crippen LogP contribution in [0.25, 0.3) is 22.2 Å². The van der Waals surface area contributed by atoms with Gasteiger partial charge < -0.3 is 9.73 Å². The van der Waals surface area contributed by atoms with E-state index in [-0.39, 0.29) is 29.8 Å². The first-order chi connectivity index (χ1) is 20.0. The Morgan fingerprint density at radius 2 is 1.83 bits per heavy atom. The van der Waals surface area contributed by atoms with Gasteiger partial charge >= 0.3 is 6.18 Å². The number of halogens is 4. The molecule has 0 aliphatic carbocycles. The van der Waals surface area contributed by atoms with Gasteiger partial charge in [-0.1, -0.05) is 24.3 Å². The zero-order chi connectivity index (χ0) is 29.6. The summed E-state index contributed by atoms with van der Waals surface area (Å²) in [4.78, 5) is 21.6. The number of nitrogens with zero attached hydrogens (tertiary/aromatic N) is 3. The standard InChI is InChI=1S/C29H20F4N4O4S/c30-21-6-8-25-19(11-21)13-26(41-25)42(39,40)37-16-18-3-1-2-4-23(18)27(37)28(38)36-15-22-12-17(9-10-34-22)24-7-5-20(14-35-24)29(31,32)33/h1-14,27H,15-16H2,(H,36,38). The lowest BCUT2D eigenvalue weighted by atomic mass is 10.0. The van der Waals surface area contributed by atoms with Crippen LogP contribution in [0.5, 0.6) is 0 Å². The molecule has 4 heterocycles. The van der Waals surface area contributed by atoms with Gasteiger partial charge in [-0.3, -0.25) is 14.8 Å². The van der Waals surface area contributed by atoms with Crippen molar-refractivity contribution in [2.75, 3.05) is 0 Å². The number of benzene rings is 2. The molecular formula is C29H20F4N4O4S. The zero-order valence-corrected chi connectivity index (χ0v) is 22.3. The number of furan rings is 1. The van der Waals surface area contributed by atoms with Crippen molar-refractivity contribution < 1.29 is 35.2 Å². The summed E-state index contributed by atoms with van der Waals surface area (Å²) in [5.74, 6) is -1.17. The van der Waals surface area contributed by atoms with Gasteiger partial charge in [0.05, 0.1) is 23.5 Å². The Hall–Kier alpha value is -4.62. The lowest BCUT2D eigenvalue weighted by Gasteiger charge is -2.23. The van der Waals surface area contributed by atoms with Crippen LogP contribution in [0.4, 0.5) is 17.6 Å². The zero-order valence-electron chi connectivity index (χ0n) is 21.5. The molecule has 1 N–H and O–H groups in total. The summed E-state index contributed by atoms with van der Waals surface area (Å²) in [6.45, 7) is -0.181. The molecule has 0 saturated carbocycles. The SMILES string of the molecule is O=C(NCc1cc(-c2ccc(C(F)(F)F)cn2)ccn1)C1c2ccccc2CN1S(=O)(=O)c1cc2cc(F)ccc2o1. The van der Waals surface area contributed by atoms with Crippen molar-refractivity contribution in [1.82, 2.24) is 19.6 Å². The van der Waals surface area contributed by atoms with Crippen LogP contribution in [0.1, 0.15) is 28.4 Å². The van der Waals surface area contributed by atoms with E-state index in [0.717, 1.165) is 28.7 Å². The normalized spacial score (nSPS) is 15.6. The summed E-state index contributed by atoms with van der Waals surface area (Å²) >= 11 is 0. The highest BCUT2D eigenvalue weighted by Gasteiger charge is 2.44. The molecular weight excluding hydrogens is 576 g/mol. The van der Waals surface area contributed by atoms with Crippen molar-refractivity contribution in [3.8, 4) is 11.3 Å². The van der Waals surface area contributed by atoms with E-state index in [4.69, 9.17) is 4.42 Å². The summed E-state index contributed by atoms with van der Waals surface area (Å²) in [6, 6.07) is 15.8. The predicted octanol–water partition coefficient (Wildman–Crippen LogP) is 5.61. The number of carbonyl (C=O) groups is 1. The minimum Gasteiger partial charge on any atom is -0.443 e. The smallest absolute Gasteiger partial charge is 0.417 e. The molecule has 8 nitrogen and oxygen atoms in total. The molecule has 0 radical (unpaired) electrons. The lowest BCUT2D eigenvalue weighted by Crippen LogP contribution is -2.39. The Balaban J connectivity index is 1.25. The number of aromatic nitrogens is 2.